The number of halogens is 2. The van der Waals surface area contributed by atoms with Crippen LogP contribution in [0.1, 0.15) is 18.5 Å². The minimum Gasteiger partial charge on any atom is -0.324 e. The fourth-order valence-corrected chi connectivity index (χ4v) is 0.946. The van der Waals surface area contributed by atoms with Gasteiger partial charge < -0.3 is 5.73 Å². The van der Waals surface area contributed by atoms with Crippen molar-refractivity contribution < 1.29 is 8.78 Å². The zero-order chi connectivity index (χ0) is 8.43. The van der Waals surface area contributed by atoms with Gasteiger partial charge in [0.25, 0.3) is 0 Å². The predicted octanol–water partition coefficient (Wildman–Crippen LogP) is 1.98. The van der Waals surface area contributed by atoms with Gasteiger partial charge in [-0.2, -0.15) is 0 Å². The van der Waals surface area contributed by atoms with Crippen molar-refractivity contribution in [2.45, 2.75) is 13.0 Å². The molecule has 0 radical (unpaired) electrons. The molecule has 0 heterocycles. The molecule has 0 spiro atoms. The summed E-state index contributed by atoms with van der Waals surface area (Å²) in [5, 5.41) is 0. The molecule has 0 aliphatic heterocycles. The molecule has 11 heavy (non-hydrogen) atoms. The average molecular weight is 157 g/mol. The molecule has 3 heteroatoms. The summed E-state index contributed by atoms with van der Waals surface area (Å²) in [5.74, 6) is -1.17. The van der Waals surface area contributed by atoms with Crippen molar-refractivity contribution in [3.63, 3.8) is 0 Å². The van der Waals surface area contributed by atoms with Gasteiger partial charge in [-0.05, 0) is 19.1 Å². The zero-order valence-corrected chi connectivity index (χ0v) is 6.14. The Labute approximate surface area is 63.8 Å². The lowest BCUT2D eigenvalue weighted by atomic mass is 10.1. The van der Waals surface area contributed by atoms with Gasteiger partial charge in [0.1, 0.15) is 11.6 Å². The number of rotatable bonds is 1. The maximum absolute atomic E-state index is 12.8. The Morgan fingerprint density at radius 3 is 2.00 bits per heavy atom. The predicted molar refractivity (Wildman–Crippen MR) is 39.0 cm³/mol. The van der Waals surface area contributed by atoms with Gasteiger partial charge in [-0.3, -0.25) is 0 Å². The molecule has 0 saturated carbocycles. The number of nitrogens with two attached hydrogens (primary N) is 1. The van der Waals surface area contributed by atoms with Crippen LogP contribution in [0.5, 0.6) is 0 Å². The van der Waals surface area contributed by atoms with Gasteiger partial charge in [0, 0.05) is 11.6 Å². The van der Waals surface area contributed by atoms with Crippen LogP contribution < -0.4 is 5.73 Å². The first-order valence-corrected chi connectivity index (χ1v) is 3.32. The zero-order valence-electron chi connectivity index (χ0n) is 6.14. The van der Waals surface area contributed by atoms with Gasteiger partial charge in [-0.25, -0.2) is 8.78 Å². The van der Waals surface area contributed by atoms with Crippen molar-refractivity contribution in [1.29, 1.82) is 0 Å². The number of hydrogen-bond acceptors (Lipinski definition) is 1. The van der Waals surface area contributed by atoms with E-state index in [0.29, 0.717) is 0 Å². The molecule has 1 nitrogen and oxygen atoms in total. The van der Waals surface area contributed by atoms with Crippen molar-refractivity contribution in [1.82, 2.24) is 0 Å². The Hall–Kier alpha value is -0.960. The summed E-state index contributed by atoms with van der Waals surface area (Å²) in [6.45, 7) is 1.54. The molecular formula is C8H9F2N. The van der Waals surface area contributed by atoms with Gasteiger partial charge in [0.15, 0.2) is 0 Å². The van der Waals surface area contributed by atoms with E-state index in [2.05, 4.69) is 0 Å². The van der Waals surface area contributed by atoms with E-state index < -0.39 is 17.7 Å². The van der Waals surface area contributed by atoms with Crippen molar-refractivity contribution >= 4 is 0 Å². The van der Waals surface area contributed by atoms with E-state index in [1.54, 1.807) is 6.92 Å². The van der Waals surface area contributed by atoms with Crippen molar-refractivity contribution in [2.24, 2.45) is 5.73 Å². The molecule has 60 valence electrons. The van der Waals surface area contributed by atoms with Crippen LogP contribution in [-0.2, 0) is 0 Å². The van der Waals surface area contributed by atoms with E-state index in [0.717, 1.165) is 0 Å². The molecule has 0 aliphatic rings. The lowest BCUT2D eigenvalue weighted by Crippen LogP contribution is -2.09. The molecule has 1 aromatic rings. The second-order valence-electron chi connectivity index (χ2n) is 2.42. The lowest BCUT2D eigenvalue weighted by Gasteiger charge is -2.06. The van der Waals surface area contributed by atoms with Gasteiger partial charge >= 0.3 is 0 Å². The second kappa shape index (κ2) is 2.96. The van der Waals surface area contributed by atoms with Crippen molar-refractivity contribution in [3.05, 3.63) is 35.4 Å². The summed E-state index contributed by atoms with van der Waals surface area (Å²) in [6.07, 6.45) is 0. The Morgan fingerprint density at radius 2 is 1.73 bits per heavy atom. The monoisotopic (exact) mass is 157 g/mol. The van der Waals surface area contributed by atoms with Crippen LogP contribution in [0.3, 0.4) is 0 Å². The van der Waals surface area contributed by atoms with Gasteiger partial charge in [-0.15, -0.1) is 0 Å². The van der Waals surface area contributed by atoms with Crippen molar-refractivity contribution in [3.8, 4) is 0 Å². The summed E-state index contributed by atoms with van der Waals surface area (Å²) in [5.41, 5.74) is 5.29. The second-order valence-corrected chi connectivity index (χ2v) is 2.42. The third-order valence-electron chi connectivity index (χ3n) is 1.46. The first-order valence-electron chi connectivity index (χ1n) is 3.32. The highest BCUT2D eigenvalue weighted by atomic mass is 19.1. The van der Waals surface area contributed by atoms with Crippen LogP contribution in [0.25, 0.3) is 0 Å². The summed E-state index contributed by atoms with van der Waals surface area (Å²) >= 11 is 0. The highest BCUT2D eigenvalue weighted by molar-refractivity contribution is 5.22. The van der Waals surface area contributed by atoms with E-state index in [-0.39, 0.29) is 5.56 Å². The van der Waals surface area contributed by atoms with E-state index in [4.69, 9.17) is 5.73 Å². The van der Waals surface area contributed by atoms with Gasteiger partial charge in [0.05, 0.1) is 0 Å². The van der Waals surface area contributed by atoms with Crippen LogP contribution in [0.15, 0.2) is 18.2 Å². The Kier molecular flexibility index (Phi) is 2.19. The lowest BCUT2D eigenvalue weighted by molar-refractivity contribution is 0.537. The van der Waals surface area contributed by atoms with Gasteiger partial charge in [0.2, 0.25) is 0 Å². The topological polar surface area (TPSA) is 26.0 Å². The fraction of sp³-hybridized carbons (Fsp3) is 0.250. The standard InChI is InChI=1S/C8H9F2N/c1-5(11)8-6(9)3-2-4-7(8)10/h2-5H,11H2,1H3. The molecule has 1 aromatic carbocycles. The molecule has 1 rings (SSSR count). The van der Waals surface area contributed by atoms with E-state index in [1.165, 1.54) is 18.2 Å². The Morgan fingerprint density at radius 1 is 1.27 bits per heavy atom. The molecule has 0 bridgehead atoms. The van der Waals surface area contributed by atoms with Gasteiger partial charge in [-0.1, -0.05) is 6.07 Å². The maximum Gasteiger partial charge on any atom is 0.130 e. The highest BCUT2D eigenvalue weighted by Gasteiger charge is 2.11. The smallest absolute Gasteiger partial charge is 0.130 e. The molecule has 1 unspecified atom stereocenters. The van der Waals surface area contributed by atoms with E-state index >= 15 is 0 Å². The highest BCUT2D eigenvalue weighted by Crippen LogP contribution is 2.17. The van der Waals surface area contributed by atoms with Crippen LogP contribution in [0, 0.1) is 11.6 Å². The van der Waals surface area contributed by atoms with Crippen LogP contribution >= 0.6 is 0 Å². The molecule has 0 aliphatic carbocycles. The first kappa shape index (κ1) is 8.14. The third-order valence-corrected chi connectivity index (χ3v) is 1.46. The molecule has 2 N–H and O–H groups in total. The Balaban J connectivity index is 3.21. The van der Waals surface area contributed by atoms with E-state index in [1.807, 2.05) is 0 Å². The molecular weight excluding hydrogens is 148 g/mol. The van der Waals surface area contributed by atoms with Crippen LogP contribution in [0.2, 0.25) is 0 Å². The Bertz CT molecular complexity index is 238. The molecule has 1 atom stereocenters. The number of hydrogen-bond donors (Lipinski definition) is 1. The maximum atomic E-state index is 12.8. The molecule has 0 aromatic heterocycles. The van der Waals surface area contributed by atoms with E-state index in [9.17, 15) is 8.78 Å². The largest absolute Gasteiger partial charge is 0.324 e. The minimum absolute atomic E-state index is 0.0486. The molecule has 0 saturated heterocycles. The molecule has 0 fully saturated rings. The quantitative estimate of drug-likeness (QED) is 0.662. The summed E-state index contributed by atoms with van der Waals surface area (Å²) in [7, 11) is 0. The minimum atomic E-state index is -0.601. The van der Waals surface area contributed by atoms with Crippen molar-refractivity contribution in [2.75, 3.05) is 0 Å². The third kappa shape index (κ3) is 1.54. The summed E-state index contributed by atoms with van der Waals surface area (Å²) in [6, 6.07) is 3.11. The van der Waals surface area contributed by atoms with Crippen LogP contribution in [-0.4, -0.2) is 0 Å². The average Bonchev–Trinajstić information content (AvgIpc) is 1.85. The summed E-state index contributed by atoms with van der Waals surface area (Å²) in [4.78, 5) is 0. The summed E-state index contributed by atoms with van der Waals surface area (Å²) < 4.78 is 25.6. The molecule has 0 amide bonds. The number of benzene rings is 1. The van der Waals surface area contributed by atoms with Crippen LogP contribution in [0.4, 0.5) is 8.78 Å². The SMILES string of the molecule is CC(N)c1c(F)cccc1F. The first-order chi connectivity index (χ1) is 5.13. The fourth-order valence-electron chi connectivity index (χ4n) is 0.946. The normalized spacial score (nSPS) is 13.1.